The van der Waals surface area contributed by atoms with Gasteiger partial charge in [0.15, 0.2) is 5.60 Å². The lowest BCUT2D eigenvalue weighted by molar-refractivity contribution is -0.169. The van der Waals surface area contributed by atoms with Gasteiger partial charge in [-0.3, -0.25) is 4.90 Å². The SMILES string of the molecule is C/C=C1/C[C@H](C)C(C)(O)C(=O)OCC2=CCN3C[C@H](O)[C@H](OC1=O)C23. The van der Waals surface area contributed by atoms with Crippen LogP contribution in [0.2, 0.25) is 0 Å². The molecule has 138 valence electrons. The summed E-state index contributed by atoms with van der Waals surface area (Å²) in [5.74, 6) is -1.76. The minimum atomic E-state index is -1.71. The lowest BCUT2D eigenvalue weighted by Gasteiger charge is -2.31. The number of hydrogen-bond donors (Lipinski definition) is 2. The second-order valence-electron chi connectivity index (χ2n) is 7.26. The largest absolute Gasteiger partial charge is 0.459 e. The van der Waals surface area contributed by atoms with Gasteiger partial charge in [-0.1, -0.05) is 19.1 Å². The molecule has 3 heterocycles. The summed E-state index contributed by atoms with van der Waals surface area (Å²) in [6.07, 6.45) is 2.25. The summed E-state index contributed by atoms with van der Waals surface area (Å²) in [6.45, 7) is 5.82. The molecule has 0 amide bonds. The molecule has 0 radical (unpaired) electrons. The number of allylic oxidation sites excluding steroid dienone is 1. The van der Waals surface area contributed by atoms with Crippen molar-refractivity contribution in [1.29, 1.82) is 0 Å². The fourth-order valence-electron chi connectivity index (χ4n) is 3.70. The molecule has 3 rings (SSSR count). The fraction of sp³-hybridized carbons (Fsp3) is 0.667. The maximum atomic E-state index is 12.6. The number of ether oxygens (including phenoxy) is 2. The van der Waals surface area contributed by atoms with E-state index in [0.717, 1.165) is 5.57 Å². The summed E-state index contributed by atoms with van der Waals surface area (Å²) in [6, 6.07) is -0.299. The maximum absolute atomic E-state index is 12.6. The molecular formula is C18H25NO6. The Morgan fingerprint density at radius 1 is 1.40 bits per heavy atom. The number of cyclic esters (lactones) is 1. The van der Waals surface area contributed by atoms with Crippen LogP contribution in [0.15, 0.2) is 23.3 Å². The molecule has 2 unspecified atom stereocenters. The first-order valence-corrected chi connectivity index (χ1v) is 8.62. The van der Waals surface area contributed by atoms with Crippen LogP contribution in [-0.2, 0) is 19.1 Å². The maximum Gasteiger partial charge on any atom is 0.338 e. The number of rotatable bonds is 0. The molecule has 2 N–H and O–H groups in total. The number of nitrogens with zero attached hydrogens (tertiary/aromatic N) is 1. The second-order valence-corrected chi connectivity index (χ2v) is 7.26. The molecule has 3 aliphatic heterocycles. The van der Waals surface area contributed by atoms with Crippen LogP contribution in [0.3, 0.4) is 0 Å². The Labute approximate surface area is 146 Å². The Hall–Kier alpha value is -1.70. The van der Waals surface area contributed by atoms with Crippen molar-refractivity contribution < 1.29 is 29.3 Å². The van der Waals surface area contributed by atoms with Gasteiger partial charge in [-0.25, -0.2) is 9.59 Å². The Balaban J connectivity index is 1.94. The summed E-state index contributed by atoms with van der Waals surface area (Å²) >= 11 is 0. The Morgan fingerprint density at radius 3 is 2.80 bits per heavy atom. The molecule has 2 fully saturated rings. The van der Waals surface area contributed by atoms with Crippen molar-refractivity contribution >= 4 is 11.9 Å². The number of carbonyl (C=O) groups excluding carboxylic acids is 2. The van der Waals surface area contributed by atoms with E-state index in [1.54, 1.807) is 19.9 Å². The Morgan fingerprint density at radius 2 is 2.12 bits per heavy atom. The van der Waals surface area contributed by atoms with E-state index in [-0.39, 0.29) is 19.1 Å². The van der Waals surface area contributed by atoms with Crippen LogP contribution in [0.25, 0.3) is 0 Å². The molecule has 5 atom stereocenters. The van der Waals surface area contributed by atoms with E-state index in [2.05, 4.69) is 0 Å². The van der Waals surface area contributed by atoms with Crippen molar-refractivity contribution in [3.8, 4) is 0 Å². The smallest absolute Gasteiger partial charge is 0.338 e. The molecule has 2 saturated heterocycles. The molecular weight excluding hydrogens is 326 g/mol. The van der Waals surface area contributed by atoms with Crippen molar-refractivity contribution in [1.82, 2.24) is 4.90 Å². The molecule has 0 aliphatic carbocycles. The zero-order valence-electron chi connectivity index (χ0n) is 14.8. The molecule has 25 heavy (non-hydrogen) atoms. The van der Waals surface area contributed by atoms with E-state index >= 15 is 0 Å². The first-order chi connectivity index (χ1) is 11.8. The third kappa shape index (κ3) is 3.12. The van der Waals surface area contributed by atoms with Gasteiger partial charge in [0.1, 0.15) is 18.8 Å². The molecule has 3 aliphatic rings. The zero-order valence-corrected chi connectivity index (χ0v) is 14.8. The minimum Gasteiger partial charge on any atom is -0.459 e. The van der Waals surface area contributed by atoms with E-state index in [4.69, 9.17) is 9.47 Å². The normalized spacial score (nSPS) is 41.5. The van der Waals surface area contributed by atoms with Gasteiger partial charge >= 0.3 is 11.9 Å². The highest BCUT2D eigenvalue weighted by atomic mass is 16.6. The zero-order chi connectivity index (χ0) is 18.4. The van der Waals surface area contributed by atoms with Crippen molar-refractivity contribution in [2.75, 3.05) is 19.7 Å². The number of aliphatic hydroxyl groups excluding tert-OH is 1. The van der Waals surface area contributed by atoms with Crippen LogP contribution in [0.5, 0.6) is 0 Å². The predicted octanol–water partition coefficient (Wildman–Crippen LogP) is 0.164. The van der Waals surface area contributed by atoms with Crippen LogP contribution in [0.1, 0.15) is 27.2 Å². The molecule has 0 saturated carbocycles. The van der Waals surface area contributed by atoms with E-state index in [1.807, 2.05) is 11.0 Å². The van der Waals surface area contributed by atoms with Gasteiger partial charge in [-0.05, 0) is 31.8 Å². The highest BCUT2D eigenvalue weighted by Crippen LogP contribution is 2.34. The monoisotopic (exact) mass is 351 g/mol. The van der Waals surface area contributed by atoms with Crippen molar-refractivity contribution in [2.45, 2.75) is 51.0 Å². The highest BCUT2D eigenvalue weighted by molar-refractivity contribution is 5.89. The third-order valence-corrected chi connectivity index (χ3v) is 5.60. The third-order valence-electron chi connectivity index (χ3n) is 5.60. The van der Waals surface area contributed by atoms with Gasteiger partial charge in [0.05, 0.1) is 6.04 Å². The van der Waals surface area contributed by atoms with Crippen molar-refractivity contribution in [3.63, 3.8) is 0 Å². The van der Waals surface area contributed by atoms with Gasteiger partial charge in [-0.15, -0.1) is 0 Å². The molecule has 7 nitrogen and oxygen atoms in total. The van der Waals surface area contributed by atoms with Gasteiger partial charge in [0, 0.05) is 18.7 Å². The molecule has 0 aromatic carbocycles. The second kappa shape index (κ2) is 6.55. The minimum absolute atomic E-state index is 0.0140. The lowest BCUT2D eigenvalue weighted by Crippen LogP contribution is -2.45. The van der Waals surface area contributed by atoms with Gasteiger partial charge in [0.2, 0.25) is 0 Å². The Kier molecular flexibility index (Phi) is 4.74. The van der Waals surface area contributed by atoms with E-state index in [1.165, 1.54) is 6.92 Å². The van der Waals surface area contributed by atoms with E-state index in [9.17, 15) is 19.8 Å². The predicted molar refractivity (Wildman–Crippen MR) is 88.5 cm³/mol. The van der Waals surface area contributed by atoms with Crippen molar-refractivity contribution in [3.05, 3.63) is 23.3 Å². The lowest BCUT2D eigenvalue weighted by atomic mass is 9.85. The number of carbonyl (C=O) groups is 2. The van der Waals surface area contributed by atoms with Gasteiger partial charge in [-0.2, -0.15) is 0 Å². The van der Waals surface area contributed by atoms with Crippen LogP contribution in [-0.4, -0.2) is 70.6 Å². The number of hydrogen-bond acceptors (Lipinski definition) is 7. The molecule has 0 aromatic rings. The van der Waals surface area contributed by atoms with E-state index < -0.39 is 35.7 Å². The quantitative estimate of drug-likeness (QED) is 0.365. The average Bonchev–Trinajstić information content (AvgIpc) is 3.08. The summed E-state index contributed by atoms with van der Waals surface area (Å²) in [5.41, 5.74) is -0.551. The standard InChI is InChI=1S/C18H25NO6/c1-4-11-7-10(2)18(3,23)17(22)24-9-12-5-6-19-8-13(20)15(14(12)19)25-16(11)21/h4-5,10,13-15,20,23H,6-9H2,1-3H3/b11-4-/t10-,13-,14?,15-,18?/m0/s1. The molecule has 0 aromatic heterocycles. The van der Waals surface area contributed by atoms with Crippen LogP contribution in [0, 0.1) is 5.92 Å². The number of aliphatic hydroxyl groups is 2. The number of esters is 2. The van der Waals surface area contributed by atoms with Gasteiger partial charge in [0.25, 0.3) is 0 Å². The van der Waals surface area contributed by atoms with Gasteiger partial charge < -0.3 is 19.7 Å². The van der Waals surface area contributed by atoms with Crippen molar-refractivity contribution in [2.24, 2.45) is 5.92 Å². The Bertz CT molecular complexity index is 637. The summed E-state index contributed by atoms with van der Waals surface area (Å²) < 4.78 is 11.0. The highest BCUT2D eigenvalue weighted by Gasteiger charge is 2.49. The molecule has 0 bridgehead atoms. The summed E-state index contributed by atoms with van der Waals surface area (Å²) in [7, 11) is 0. The average molecular weight is 351 g/mol. The summed E-state index contributed by atoms with van der Waals surface area (Å²) in [4.78, 5) is 26.9. The van der Waals surface area contributed by atoms with Crippen LogP contribution < -0.4 is 0 Å². The van der Waals surface area contributed by atoms with E-state index in [0.29, 0.717) is 18.7 Å². The van der Waals surface area contributed by atoms with Crippen LogP contribution in [0.4, 0.5) is 0 Å². The molecule has 0 spiro atoms. The van der Waals surface area contributed by atoms with Crippen LogP contribution >= 0.6 is 0 Å². The topological polar surface area (TPSA) is 96.3 Å². The first-order valence-electron chi connectivity index (χ1n) is 8.62. The first kappa shape index (κ1) is 18.1. The fourth-order valence-corrected chi connectivity index (χ4v) is 3.70. The summed E-state index contributed by atoms with van der Waals surface area (Å²) in [5, 5.41) is 20.9. The molecule has 7 heteroatoms.